The summed E-state index contributed by atoms with van der Waals surface area (Å²) in [4.78, 5) is 0. The highest BCUT2D eigenvalue weighted by Gasteiger charge is 2.53. The molecule has 1 aromatic rings. The predicted molar refractivity (Wildman–Crippen MR) is 74.5 cm³/mol. The van der Waals surface area contributed by atoms with Crippen molar-refractivity contribution in [1.82, 2.24) is 9.78 Å². The van der Waals surface area contributed by atoms with Crippen LogP contribution in [0.3, 0.4) is 0 Å². The maximum Gasteiger partial charge on any atom is 0.498 e. The van der Waals surface area contributed by atoms with Crippen molar-refractivity contribution in [3.05, 3.63) is 11.4 Å². The molecule has 0 radical (unpaired) electrons. The van der Waals surface area contributed by atoms with E-state index < -0.39 is 7.12 Å². The van der Waals surface area contributed by atoms with Crippen molar-refractivity contribution in [3.8, 4) is 0 Å². The van der Waals surface area contributed by atoms with Crippen LogP contribution in [0.5, 0.6) is 0 Å². The van der Waals surface area contributed by atoms with Gasteiger partial charge in [0.1, 0.15) is 0 Å². The third kappa shape index (κ3) is 2.33. The summed E-state index contributed by atoms with van der Waals surface area (Å²) in [5, 5.41) is 13.5. The van der Waals surface area contributed by atoms with Crippen LogP contribution in [0.1, 0.15) is 39.1 Å². The molecule has 0 aromatic carbocycles. The zero-order valence-electron chi connectivity index (χ0n) is 12.6. The summed E-state index contributed by atoms with van der Waals surface area (Å²) in [6.07, 6.45) is 0. The van der Waals surface area contributed by atoms with E-state index in [1.54, 1.807) is 4.68 Å². The molecule has 19 heavy (non-hydrogen) atoms. The minimum absolute atomic E-state index is 0.0742. The lowest BCUT2D eigenvalue weighted by molar-refractivity contribution is 0.00578. The fourth-order valence-corrected chi connectivity index (χ4v) is 2.33. The molecule has 1 saturated heterocycles. The molecule has 1 N–H and O–H groups in total. The van der Waals surface area contributed by atoms with Crippen LogP contribution in [-0.2, 0) is 15.9 Å². The quantitative estimate of drug-likeness (QED) is 0.822. The molecule has 5 nitrogen and oxygen atoms in total. The average molecular weight is 266 g/mol. The van der Waals surface area contributed by atoms with Gasteiger partial charge in [0.2, 0.25) is 0 Å². The molecule has 1 aliphatic rings. The molecule has 0 aliphatic carbocycles. The molecule has 0 unspecified atom stereocenters. The third-order valence-electron chi connectivity index (χ3n) is 4.24. The molecule has 1 aromatic heterocycles. The van der Waals surface area contributed by atoms with Gasteiger partial charge in [-0.2, -0.15) is 5.10 Å². The van der Waals surface area contributed by atoms with Crippen molar-refractivity contribution in [3.63, 3.8) is 0 Å². The number of aryl methyl sites for hydroxylation is 1. The van der Waals surface area contributed by atoms with Gasteiger partial charge < -0.3 is 14.4 Å². The van der Waals surface area contributed by atoms with E-state index in [2.05, 4.69) is 5.10 Å². The smallest absolute Gasteiger partial charge is 0.399 e. The molecular weight excluding hydrogens is 243 g/mol. The van der Waals surface area contributed by atoms with Crippen LogP contribution in [-0.4, -0.2) is 39.8 Å². The Morgan fingerprint density at radius 3 is 2.16 bits per heavy atom. The second-order valence-corrected chi connectivity index (χ2v) is 6.12. The topological polar surface area (TPSA) is 56.5 Å². The van der Waals surface area contributed by atoms with Crippen molar-refractivity contribution in [2.45, 2.75) is 59.3 Å². The van der Waals surface area contributed by atoms with Crippen molar-refractivity contribution in [2.24, 2.45) is 0 Å². The minimum Gasteiger partial charge on any atom is -0.399 e. The summed E-state index contributed by atoms with van der Waals surface area (Å²) in [5.41, 5.74) is 2.16. The zero-order valence-corrected chi connectivity index (χ0v) is 12.6. The number of rotatable bonds is 3. The van der Waals surface area contributed by atoms with E-state index in [-0.39, 0.29) is 17.8 Å². The average Bonchev–Trinajstić information content (AvgIpc) is 2.63. The molecule has 6 heteroatoms. The molecular formula is C13H23BN2O3. The number of nitrogens with zero attached hydrogens (tertiary/aromatic N) is 2. The Kier molecular flexibility index (Phi) is 3.54. The second-order valence-electron chi connectivity index (χ2n) is 6.12. The maximum absolute atomic E-state index is 9.05. The van der Waals surface area contributed by atoms with Gasteiger partial charge in [0.05, 0.1) is 30.0 Å². The third-order valence-corrected chi connectivity index (χ3v) is 4.24. The van der Waals surface area contributed by atoms with E-state index >= 15 is 0 Å². The number of aromatic nitrogens is 2. The first-order valence-electron chi connectivity index (χ1n) is 6.70. The van der Waals surface area contributed by atoms with E-state index in [9.17, 15) is 0 Å². The summed E-state index contributed by atoms with van der Waals surface area (Å²) in [6.45, 7) is 12.6. The molecule has 0 atom stereocenters. The Balaban J connectivity index is 2.34. The van der Waals surface area contributed by atoms with Crippen molar-refractivity contribution >= 4 is 12.6 Å². The first kappa shape index (κ1) is 14.6. The van der Waals surface area contributed by atoms with E-state index in [0.717, 1.165) is 16.9 Å². The molecule has 2 rings (SSSR count). The van der Waals surface area contributed by atoms with Crippen LogP contribution in [0.15, 0.2) is 0 Å². The number of aliphatic hydroxyl groups excluding tert-OH is 1. The Labute approximate surface area is 115 Å². The van der Waals surface area contributed by atoms with E-state index in [0.29, 0.717) is 6.54 Å². The highest BCUT2D eigenvalue weighted by Crippen LogP contribution is 2.36. The molecule has 0 spiro atoms. The summed E-state index contributed by atoms with van der Waals surface area (Å²) in [5.74, 6) is 0. The first-order valence-corrected chi connectivity index (χ1v) is 6.70. The summed E-state index contributed by atoms with van der Waals surface area (Å²) >= 11 is 0. The Hall–Kier alpha value is -0.845. The summed E-state index contributed by atoms with van der Waals surface area (Å²) < 4.78 is 13.9. The largest absolute Gasteiger partial charge is 0.498 e. The van der Waals surface area contributed by atoms with Crippen molar-refractivity contribution in [1.29, 1.82) is 0 Å². The molecule has 0 saturated carbocycles. The van der Waals surface area contributed by atoms with Crippen molar-refractivity contribution < 1.29 is 14.4 Å². The van der Waals surface area contributed by atoms with Gasteiger partial charge in [-0.25, -0.2) is 0 Å². The summed E-state index contributed by atoms with van der Waals surface area (Å²) in [6, 6.07) is 0. The lowest BCUT2D eigenvalue weighted by Crippen LogP contribution is -2.41. The van der Waals surface area contributed by atoms with Crippen LogP contribution < -0.4 is 5.46 Å². The van der Waals surface area contributed by atoms with Gasteiger partial charge >= 0.3 is 7.12 Å². The standard InChI is InChI=1S/C13H23BN2O3/c1-9-11(10(2)16(15-9)7-8-17)14-18-12(3,4)13(5,6)19-14/h17H,7-8H2,1-6H3. The van der Waals surface area contributed by atoms with Gasteiger partial charge in [-0.15, -0.1) is 0 Å². The van der Waals surface area contributed by atoms with Crippen LogP contribution in [0, 0.1) is 13.8 Å². The highest BCUT2D eigenvalue weighted by molar-refractivity contribution is 6.63. The zero-order chi connectivity index (χ0) is 14.4. The molecule has 106 valence electrons. The molecule has 0 amide bonds. The Morgan fingerprint density at radius 1 is 1.16 bits per heavy atom. The fourth-order valence-electron chi connectivity index (χ4n) is 2.33. The second kappa shape index (κ2) is 4.61. The fraction of sp³-hybridized carbons (Fsp3) is 0.769. The molecule has 1 aliphatic heterocycles. The van der Waals surface area contributed by atoms with Crippen LogP contribution in [0.2, 0.25) is 0 Å². The molecule has 0 bridgehead atoms. The van der Waals surface area contributed by atoms with E-state index in [1.165, 1.54) is 0 Å². The SMILES string of the molecule is Cc1nn(CCO)c(C)c1B1OC(C)(C)C(C)(C)O1. The maximum atomic E-state index is 9.05. The first-order chi connectivity index (χ1) is 8.69. The van der Waals surface area contributed by atoms with Crippen LogP contribution in [0.25, 0.3) is 0 Å². The minimum atomic E-state index is -0.391. The lowest BCUT2D eigenvalue weighted by atomic mass is 9.77. The van der Waals surface area contributed by atoms with E-state index in [4.69, 9.17) is 14.4 Å². The highest BCUT2D eigenvalue weighted by atomic mass is 16.7. The Morgan fingerprint density at radius 2 is 1.68 bits per heavy atom. The lowest BCUT2D eigenvalue weighted by Gasteiger charge is -2.32. The molecule has 1 fully saturated rings. The van der Waals surface area contributed by atoms with Crippen LogP contribution >= 0.6 is 0 Å². The van der Waals surface area contributed by atoms with Crippen molar-refractivity contribution in [2.75, 3.05) is 6.61 Å². The normalized spacial score (nSPS) is 21.1. The predicted octanol–water partition coefficient (Wildman–Crippen LogP) is 0.791. The number of hydrogen-bond donors (Lipinski definition) is 1. The monoisotopic (exact) mass is 266 g/mol. The number of hydrogen-bond acceptors (Lipinski definition) is 4. The van der Waals surface area contributed by atoms with Gasteiger partial charge in [0.25, 0.3) is 0 Å². The van der Waals surface area contributed by atoms with Gasteiger partial charge in [-0.3, -0.25) is 4.68 Å². The van der Waals surface area contributed by atoms with Gasteiger partial charge in [-0.1, -0.05) is 0 Å². The number of aliphatic hydroxyl groups is 1. The van der Waals surface area contributed by atoms with Gasteiger partial charge in [0.15, 0.2) is 0 Å². The molecule has 2 heterocycles. The van der Waals surface area contributed by atoms with Gasteiger partial charge in [-0.05, 0) is 41.5 Å². The Bertz CT molecular complexity index is 466. The van der Waals surface area contributed by atoms with Gasteiger partial charge in [0, 0.05) is 11.2 Å². The summed E-state index contributed by atoms with van der Waals surface area (Å²) in [7, 11) is -0.391. The van der Waals surface area contributed by atoms with E-state index in [1.807, 2.05) is 41.5 Å². The van der Waals surface area contributed by atoms with Crippen LogP contribution in [0.4, 0.5) is 0 Å².